The van der Waals surface area contributed by atoms with Crippen LogP contribution in [0, 0.1) is 10.1 Å². The molecule has 2 rings (SSSR count). The minimum Gasteiger partial charge on any atom is -0.502 e. The smallest absolute Gasteiger partial charge is 0.364 e. The Morgan fingerprint density at radius 3 is 2.61 bits per heavy atom. The molecule has 0 spiro atoms. The Morgan fingerprint density at radius 2 is 2.00 bits per heavy atom. The molecule has 0 aliphatic heterocycles. The van der Waals surface area contributed by atoms with Crippen molar-refractivity contribution in [3.63, 3.8) is 0 Å². The highest BCUT2D eigenvalue weighted by atomic mass is 35.5. The van der Waals surface area contributed by atoms with Gasteiger partial charge in [0.05, 0.1) is 10.4 Å². The fourth-order valence-electron chi connectivity index (χ4n) is 1.52. The Kier molecular flexibility index (Phi) is 2.76. The zero-order valence-electron chi connectivity index (χ0n) is 8.64. The number of benzene rings is 1. The number of aromatic amines is 1. The fourth-order valence-corrected chi connectivity index (χ4v) is 1.69. The summed E-state index contributed by atoms with van der Waals surface area (Å²) >= 11 is 5.69. The molecule has 1 aromatic carbocycles. The summed E-state index contributed by atoms with van der Waals surface area (Å²) in [5, 5.41) is 20.7. The highest BCUT2D eigenvalue weighted by Gasteiger charge is 2.22. The van der Waals surface area contributed by atoms with Gasteiger partial charge in [-0.05, 0) is 18.2 Å². The molecule has 1 heterocycles. The topological polar surface area (TPSA) is 113 Å². The van der Waals surface area contributed by atoms with Crippen molar-refractivity contribution in [2.24, 2.45) is 0 Å². The predicted octanol–water partition coefficient (Wildman–Crippen LogP) is 1.16. The molecular formula is C10H5ClN2O5. The van der Waals surface area contributed by atoms with E-state index < -0.39 is 27.3 Å². The zero-order chi connectivity index (χ0) is 13.4. The van der Waals surface area contributed by atoms with Gasteiger partial charge in [0, 0.05) is 10.4 Å². The predicted molar refractivity (Wildman–Crippen MR) is 64.2 cm³/mol. The van der Waals surface area contributed by atoms with Crippen LogP contribution in [-0.2, 0) is 0 Å². The number of fused-ring (bicyclic) bond motifs is 1. The van der Waals surface area contributed by atoms with Gasteiger partial charge in [0.25, 0.3) is 0 Å². The lowest BCUT2D eigenvalue weighted by molar-refractivity contribution is -0.386. The number of halogens is 1. The summed E-state index contributed by atoms with van der Waals surface area (Å²) in [5.74, 6) is -0.866. The Labute approximate surface area is 103 Å². The van der Waals surface area contributed by atoms with E-state index in [1.165, 1.54) is 18.2 Å². The minimum atomic E-state index is -1.41. The van der Waals surface area contributed by atoms with E-state index in [4.69, 9.17) is 11.6 Å². The van der Waals surface area contributed by atoms with Gasteiger partial charge in [-0.25, -0.2) is 0 Å². The summed E-state index contributed by atoms with van der Waals surface area (Å²) in [6, 6.07) is 3.92. The molecule has 0 unspecified atom stereocenters. The van der Waals surface area contributed by atoms with Crippen LogP contribution in [0.15, 0.2) is 27.8 Å². The van der Waals surface area contributed by atoms with E-state index in [9.17, 15) is 24.8 Å². The number of hydrogen-bond acceptors (Lipinski definition) is 5. The van der Waals surface area contributed by atoms with Crippen molar-refractivity contribution in [3.8, 4) is 5.75 Å². The fraction of sp³-hybridized carbons (Fsp3) is 0. The largest absolute Gasteiger partial charge is 0.502 e. The van der Waals surface area contributed by atoms with Crippen LogP contribution < -0.4 is 11.0 Å². The van der Waals surface area contributed by atoms with Crippen molar-refractivity contribution in [1.29, 1.82) is 0 Å². The number of nitro groups is 1. The summed E-state index contributed by atoms with van der Waals surface area (Å²) in [6.45, 7) is 0. The standard InChI is InChI=1S/C10H5ClN2O5/c11-4-1-2-5-6(3-4)12-10(16)9(15)7(8(5)14)13(17)18/h1-3,14H,(H,12,15,16). The van der Waals surface area contributed by atoms with Gasteiger partial charge in [-0.15, -0.1) is 0 Å². The second kappa shape index (κ2) is 4.11. The maximum atomic E-state index is 11.4. The number of hydrogen-bond donors (Lipinski definition) is 2. The van der Waals surface area contributed by atoms with Gasteiger partial charge in [0.1, 0.15) is 0 Å². The summed E-state index contributed by atoms with van der Waals surface area (Å²) in [4.78, 5) is 34.6. The molecule has 0 aliphatic rings. The molecule has 92 valence electrons. The number of aromatic nitrogens is 1. The zero-order valence-corrected chi connectivity index (χ0v) is 9.39. The monoisotopic (exact) mass is 268 g/mol. The number of H-pyrrole nitrogens is 1. The van der Waals surface area contributed by atoms with Gasteiger partial charge in [0.15, 0.2) is 0 Å². The average Bonchev–Trinajstić information content (AvgIpc) is 2.35. The first-order valence-electron chi connectivity index (χ1n) is 4.65. The summed E-state index contributed by atoms with van der Waals surface area (Å²) in [5.41, 5.74) is -3.73. The molecule has 0 bridgehead atoms. The normalized spacial score (nSPS) is 10.5. The van der Waals surface area contributed by atoms with Crippen molar-refractivity contribution in [2.75, 3.05) is 0 Å². The minimum absolute atomic E-state index is 0.0368. The first-order valence-corrected chi connectivity index (χ1v) is 5.03. The van der Waals surface area contributed by atoms with Gasteiger partial charge in [0.2, 0.25) is 5.75 Å². The highest BCUT2D eigenvalue weighted by molar-refractivity contribution is 6.31. The maximum Gasteiger partial charge on any atom is 0.364 e. The van der Waals surface area contributed by atoms with Crippen molar-refractivity contribution < 1.29 is 10.0 Å². The van der Waals surface area contributed by atoms with E-state index in [-0.39, 0.29) is 15.9 Å². The van der Waals surface area contributed by atoms with E-state index in [0.29, 0.717) is 0 Å². The van der Waals surface area contributed by atoms with Crippen LogP contribution in [0.5, 0.6) is 5.75 Å². The quantitative estimate of drug-likeness (QED) is 0.457. The summed E-state index contributed by atoms with van der Waals surface area (Å²) in [7, 11) is 0. The van der Waals surface area contributed by atoms with E-state index >= 15 is 0 Å². The van der Waals surface area contributed by atoms with Crippen molar-refractivity contribution in [2.45, 2.75) is 0 Å². The highest BCUT2D eigenvalue weighted by Crippen LogP contribution is 2.29. The molecule has 0 aliphatic carbocycles. The Hall–Kier alpha value is -2.41. The van der Waals surface area contributed by atoms with Crippen LogP contribution in [0.3, 0.4) is 0 Å². The van der Waals surface area contributed by atoms with E-state index in [2.05, 4.69) is 4.98 Å². The molecule has 0 fully saturated rings. The third-order valence-electron chi connectivity index (χ3n) is 2.31. The molecule has 7 nitrogen and oxygen atoms in total. The molecular weight excluding hydrogens is 264 g/mol. The molecule has 0 saturated carbocycles. The lowest BCUT2D eigenvalue weighted by Crippen LogP contribution is -2.25. The van der Waals surface area contributed by atoms with Crippen molar-refractivity contribution in [1.82, 2.24) is 4.98 Å². The SMILES string of the molecule is O=c1[nH]c2cc(Cl)ccc2c(O)c([N+](=O)[O-])c1=O. The first kappa shape index (κ1) is 12.1. The molecule has 2 aromatic rings. The van der Waals surface area contributed by atoms with Gasteiger partial charge in [-0.1, -0.05) is 11.6 Å². The third kappa shape index (κ3) is 1.80. The third-order valence-corrected chi connectivity index (χ3v) is 2.55. The van der Waals surface area contributed by atoms with Gasteiger partial charge in [-0.2, -0.15) is 0 Å². The van der Waals surface area contributed by atoms with Crippen LogP contribution in [0.1, 0.15) is 0 Å². The summed E-state index contributed by atoms with van der Waals surface area (Å²) in [6.07, 6.45) is 0. The number of aromatic hydroxyl groups is 1. The molecule has 18 heavy (non-hydrogen) atoms. The molecule has 0 radical (unpaired) electrons. The second-order valence-corrected chi connectivity index (χ2v) is 3.86. The van der Waals surface area contributed by atoms with Gasteiger partial charge in [-0.3, -0.25) is 19.7 Å². The average molecular weight is 269 g/mol. The molecule has 8 heteroatoms. The first-order chi connectivity index (χ1) is 8.41. The lowest BCUT2D eigenvalue weighted by atomic mass is 10.2. The van der Waals surface area contributed by atoms with Crippen LogP contribution >= 0.6 is 11.6 Å². The van der Waals surface area contributed by atoms with Crippen LogP contribution in [0.4, 0.5) is 5.69 Å². The molecule has 2 N–H and O–H groups in total. The van der Waals surface area contributed by atoms with E-state index in [1.807, 2.05) is 0 Å². The number of nitrogens with one attached hydrogen (secondary N) is 1. The van der Waals surface area contributed by atoms with E-state index in [1.54, 1.807) is 0 Å². The molecule has 1 aromatic heterocycles. The molecule has 0 saturated heterocycles. The lowest BCUT2D eigenvalue weighted by Gasteiger charge is -1.95. The van der Waals surface area contributed by atoms with Crippen molar-refractivity contribution >= 4 is 28.2 Å². The molecule has 0 atom stereocenters. The van der Waals surface area contributed by atoms with Gasteiger partial charge >= 0.3 is 16.7 Å². The number of rotatable bonds is 1. The van der Waals surface area contributed by atoms with Crippen LogP contribution in [0.2, 0.25) is 5.02 Å². The van der Waals surface area contributed by atoms with Gasteiger partial charge < -0.3 is 10.1 Å². The van der Waals surface area contributed by atoms with Crippen LogP contribution in [-0.4, -0.2) is 15.0 Å². The van der Waals surface area contributed by atoms with Crippen LogP contribution in [0.25, 0.3) is 10.9 Å². The van der Waals surface area contributed by atoms with E-state index in [0.717, 1.165) is 0 Å². The Balaban J connectivity index is 3.16. The maximum absolute atomic E-state index is 11.4. The Bertz CT molecular complexity index is 783. The van der Waals surface area contributed by atoms with Crippen molar-refractivity contribution in [3.05, 3.63) is 53.9 Å². The molecule has 0 amide bonds. The Morgan fingerprint density at radius 1 is 1.33 bits per heavy atom. The summed E-state index contributed by atoms with van der Waals surface area (Å²) < 4.78 is 0. The second-order valence-electron chi connectivity index (χ2n) is 3.43. The number of nitrogens with zero attached hydrogens (tertiary/aromatic N) is 1.